The molecule has 1 aromatic carbocycles. The van der Waals surface area contributed by atoms with Crippen LogP contribution in [0.25, 0.3) is 0 Å². The molecule has 0 bridgehead atoms. The first kappa shape index (κ1) is 20.5. The van der Waals surface area contributed by atoms with Crippen molar-refractivity contribution in [2.45, 2.75) is 25.7 Å². The number of ether oxygens (including phenoxy) is 2. The lowest BCUT2D eigenvalue weighted by atomic mass is 9.95. The summed E-state index contributed by atoms with van der Waals surface area (Å²) in [6.07, 6.45) is 4.34. The van der Waals surface area contributed by atoms with E-state index in [1.807, 2.05) is 0 Å². The zero-order valence-electron chi connectivity index (χ0n) is 15.6. The van der Waals surface area contributed by atoms with Crippen molar-refractivity contribution in [1.82, 2.24) is 0 Å². The van der Waals surface area contributed by atoms with Gasteiger partial charge in [0.1, 0.15) is 17.0 Å². The number of aldehydes is 1. The number of carbonyl (C=O) groups is 4. The van der Waals surface area contributed by atoms with E-state index in [0.29, 0.717) is 28.2 Å². The number of nitrogens with one attached hydrogen (secondary N) is 1. The van der Waals surface area contributed by atoms with Crippen LogP contribution in [0.2, 0.25) is 0 Å². The van der Waals surface area contributed by atoms with Gasteiger partial charge in [-0.25, -0.2) is 4.79 Å². The summed E-state index contributed by atoms with van der Waals surface area (Å²) in [6, 6.07) is 6.21. The lowest BCUT2D eigenvalue weighted by molar-refractivity contribution is -0.149. The van der Waals surface area contributed by atoms with Crippen LogP contribution in [0.1, 0.15) is 44.0 Å². The number of carbonyl (C=O) groups excluding carboxylic acids is 4. The fourth-order valence-electron chi connectivity index (χ4n) is 3.05. The molecule has 0 aliphatic heterocycles. The smallest absolute Gasteiger partial charge is 0.344 e. The van der Waals surface area contributed by atoms with Gasteiger partial charge in [0, 0.05) is 10.4 Å². The molecule has 1 heterocycles. The zero-order chi connectivity index (χ0) is 20.8. The lowest BCUT2D eigenvalue weighted by Gasteiger charge is -2.11. The standard InChI is InChI=1S/C20H20N2O6S/c21-19(26)18-14-3-1-2-4-15(14)29-20(18)22-16(24)10-28-17(25)11-27-13-7-5-12(9-23)6-8-13/h5-9H,1-4,10-11H2,(H2,21,26)(H,22,24). The molecule has 0 saturated heterocycles. The summed E-state index contributed by atoms with van der Waals surface area (Å²) in [6.45, 7) is -0.888. The molecule has 0 fully saturated rings. The second kappa shape index (κ2) is 9.33. The number of rotatable bonds is 8. The van der Waals surface area contributed by atoms with Crippen molar-refractivity contribution in [2.24, 2.45) is 5.73 Å². The monoisotopic (exact) mass is 416 g/mol. The van der Waals surface area contributed by atoms with Gasteiger partial charge in [0.2, 0.25) is 0 Å². The summed E-state index contributed by atoms with van der Waals surface area (Å²) in [7, 11) is 0. The molecule has 3 N–H and O–H groups in total. The van der Waals surface area contributed by atoms with Crippen molar-refractivity contribution in [2.75, 3.05) is 18.5 Å². The number of primary amides is 1. The number of hydrogen-bond donors (Lipinski definition) is 2. The van der Waals surface area contributed by atoms with Crippen LogP contribution in [0.3, 0.4) is 0 Å². The molecular weight excluding hydrogens is 396 g/mol. The van der Waals surface area contributed by atoms with Crippen LogP contribution in [0, 0.1) is 0 Å². The highest BCUT2D eigenvalue weighted by Gasteiger charge is 2.25. The van der Waals surface area contributed by atoms with Crippen LogP contribution in [0.15, 0.2) is 24.3 Å². The third-order valence-electron chi connectivity index (χ3n) is 4.41. The van der Waals surface area contributed by atoms with E-state index in [0.717, 1.165) is 36.1 Å². The van der Waals surface area contributed by atoms with Gasteiger partial charge < -0.3 is 20.5 Å². The van der Waals surface area contributed by atoms with Crippen molar-refractivity contribution in [3.05, 3.63) is 45.8 Å². The van der Waals surface area contributed by atoms with Gasteiger partial charge in [-0.2, -0.15) is 0 Å². The number of anilines is 1. The molecule has 0 spiro atoms. The topological polar surface area (TPSA) is 125 Å². The van der Waals surface area contributed by atoms with Gasteiger partial charge in [0.05, 0.1) is 5.56 Å². The molecule has 8 nitrogen and oxygen atoms in total. The Labute approximate surface area is 171 Å². The molecule has 0 unspecified atom stereocenters. The summed E-state index contributed by atoms with van der Waals surface area (Å²) in [5.74, 6) is -1.46. The predicted octanol–water partition coefficient (Wildman–Crippen LogP) is 2.10. The molecule has 2 amide bonds. The maximum absolute atomic E-state index is 12.1. The van der Waals surface area contributed by atoms with Crippen molar-refractivity contribution >= 4 is 40.4 Å². The molecule has 3 rings (SSSR count). The minimum Gasteiger partial charge on any atom is -0.482 e. The quantitative estimate of drug-likeness (QED) is 0.501. The average molecular weight is 416 g/mol. The van der Waals surface area contributed by atoms with Gasteiger partial charge in [0.15, 0.2) is 13.2 Å². The van der Waals surface area contributed by atoms with E-state index in [2.05, 4.69) is 5.32 Å². The minimum absolute atomic E-state index is 0.353. The van der Waals surface area contributed by atoms with E-state index in [-0.39, 0.29) is 6.61 Å². The van der Waals surface area contributed by atoms with Crippen LogP contribution in [0.4, 0.5) is 5.00 Å². The molecule has 0 saturated carbocycles. The second-order valence-electron chi connectivity index (χ2n) is 6.46. The summed E-state index contributed by atoms with van der Waals surface area (Å²) in [4.78, 5) is 47.4. The molecule has 1 aliphatic rings. The van der Waals surface area contributed by atoms with Gasteiger partial charge in [0.25, 0.3) is 11.8 Å². The average Bonchev–Trinajstić information content (AvgIpc) is 3.09. The maximum atomic E-state index is 12.1. The highest BCUT2D eigenvalue weighted by atomic mass is 32.1. The van der Waals surface area contributed by atoms with Gasteiger partial charge in [-0.3, -0.25) is 14.4 Å². The number of aryl methyl sites for hydroxylation is 1. The van der Waals surface area contributed by atoms with Crippen molar-refractivity contribution < 1.29 is 28.7 Å². The van der Waals surface area contributed by atoms with Gasteiger partial charge >= 0.3 is 5.97 Å². The lowest BCUT2D eigenvalue weighted by Crippen LogP contribution is -2.24. The third kappa shape index (κ3) is 5.20. The van der Waals surface area contributed by atoms with E-state index in [1.165, 1.54) is 11.3 Å². The Morgan fingerprint density at radius 1 is 1.10 bits per heavy atom. The Balaban J connectivity index is 1.50. The first-order valence-corrected chi connectivity index (χ1v) is 9.87. The number of hydrogen-bond acceptors (Lipinski definition) is 7. The molecule has 1 aromatic heterocycles. The Hall–Kier alpha value is -3.20. The number of amides is 2. The molecule has 29 heavy (non-hydrogen) atoms. The zero-order valence-corrected chi connectivity index (χ0v) is 16.4. The molecule has 2 aromatic rings. The summed E-state index contributed by atoms with van der Waals surface area (Å²) in [5, 5.41) is 3.02. The van der Waals surface area contributed by atoms with E-state index in [9.17, 15) is 19.2 Å². The summed E-state index contributed by atoms with van der Waals surface area (Å²) < 4.78 is 10.1. The first-order valence-electron chi connectivity index (χ1n) is 9.05. The predicted molar refractivity (Wildman–Crippen MR) is 106 cm³/mol. The van der Waals surface area contributed by atoms with Crippen LogP contribution in [-0.4, -0.2) is 37.3 Å². The molecular formula is C20H20N2O6S. The van der Waals surface area contributed by atoms with Gasteiger partial charge in [-0.15, -0.1) is 11.3 Å². The fraction of sp³-hybridized carbons (Fsp3) is 0.300. The van der Waals surface area contributed by atoms with Gasteiger partial charge in [-0.05, 0) is 55.5 Å². The van der Waals surface area contributed by atoms with Crippen LogP contribution < -0.4 is 15.8 Å². The second-order valence-corrected chi connectivity index (χ2v) is 7.57. The maximum Gasteiger partial charge on any atom is 0.344 e. The Bertz CT molecular complexity index is 935. The minimum atomic E-state index is -0.722. The van der Waals surface area contributed by atoms with Crippen molar-refractivity contribution in [3.8, 4) is 5.75 Å². The Kier molecular flexibility index (Phi) is 6.61. The first-order chi connectivity index (χ1) is 14.0. The van der Waals surface area contributed by atoms with E-state index >= 15 is 0 Å². The van der Waals surface area contributed by atoms with E-state index < -0.39 is 24.4 Å². The molecule has 0 radical (unpaired) electrons. The Morgan fingerprint density at radius 2 is 1.83 bits per heavy atom. The normalized spacial score (nSPS) is 12.6. The highest BCUT2D eigenvalue weighted by Crippen LogP contribution is 2.37. The van der Waals surface area contributed by atoms with Crippen LogP contribution >= 0.6 is 11.3 Å². The molecule has 1 aliphatic carbocycles. The van der Waals surface area contributed by atoms with Crippen LogP contribution in [0.5, 0.6) is 5.75 Å². The SMILES string of the molecule is NC(=O)c1c(NC(=O)COC(=O)COc2ccc(C=O)cc2)sc2c1CCCC2. The molecule has 152 valence electrons. The summed E-state index contributed by atoms with van der Waals surface area (Å²) in [5.41, 5.74) is 7.24. The van der Waals surface area contributed by atoms with Gasteiger partial charge in [-0.1, -0.05) is 0 Å². The number of esters is 1. The van der Waals surface area contributed by atoms with Crippen molar-refractivity contribution in [1.29, 1.82) is 0 Å². The Morgan fingerprint density at radius 3 is 2.52 bits per heavy atom. The number of fused-ring (bicyclic) bond motifs is 1. The number of nitrogens with two attached hydrogens (primary N) is 1. The third-order valence-corrected chi connectivity index (χ3v) is 5.62. The number of thiophene rings is 1. The fourth-order valence-corrected chi connectivity index (χ4v) is 4.36. The largest absolute Gasteiger partial charge is 0.482 e. The highest BCUT2D eigenvalue weighted by molar-refractivity contribution is 7.17. The summed E-state index contributed by atoms with van der Waals surface area (Å²) >= 11 is 1.34. The number of benzene rings is 1. The molecule has 0 atom stereocenters. The van der Waals surface area contributed by atoms with E-state index in [1.54, 1.807) is 24.3 Å². The van der Waals surface area contributed by atoms with Crippen LogP contribution in [-0.2, 0) is 27.2 Å². The molecule has 9 heteroatoms. The van der Waals surface area contributed by atoms with Crippen molar-refractivity contribution in [3.63, 3.8) is 0 Å². The van der Waals surface area contributed by atoms with E-state index in [4.69, 9.17) is 15.2 Å².